The number of ketones is 1. The van der Waals surface area contributed by atoms with Crippen molar-refractivity contribution < 1.29 is 36.7 Å². The van der Waals surface area contributed by atoms with Crippen LogP contribution in [0.5, 0.6) is 0 Å². The molecule has 33 heavy (non-hydrogen) atoms. The molecule has 0 aromatic heterocycles. The molecule has 2 aromatic rings. The van der Waals surface area contributed by atoms with E-state index in [4.69, 9.17) is 21.1 Å². The van der Waals surface area contributed by atoms with E-state index in [0.29, 0.717) is 16.7 Å². The predicted octanol–water partition coefficient (Wildman–Crippen LogP) is 3.50. The Hall–Kier alpha value is -2.78. The average molecular weight is 497 g/mol. The number of benzene rings is 2. The molecule has 1 aliphatic carbocycles. The number of esters is 2. The molecule has 0 bridgehead atoms. The monoisotopic (exact) mass is 496 g/mol. The van der Waals surface area contributed by atoms with Crippen molar-refractivity contribution in [2.24, 2.45) is 5.92 Å². The van der Waals surface area contributed by atoms with Gasteiger partial charge in [0, 0.05) is 29.2 Å². The van der Waals surface area contributed by atoms with Gasteiger partial charge in [0.1, 0.15) is 5.82 Å². The summed E-state index contributed by atoms with van der Waals surface area (Å²) in [6.45, 7) is 0. The second-order valence-electron chi connectivity index (χ2n) is 7.75. The highest BCUT2D eigenvalue weighted by atomic mass is 35.5. The maximum atomic E-state index is 13.8. The molecule has 0 saturated heterocycles. The van der Waals surface area contributed by atoms with Gasteiger partial charge >= 0.3 is 11.9 Å². The van der Waals surface area contributed by atoms with Gasteiger partial charge in [0.2, 0.25) is 0 Å². The van der Waals surface area contributed by atoms with Crippen LogP contribution in [0.25, 0.3) is 0 Å². The lowest BCUT2D eigenvalue weighted by molar-refractivity contribution is -0.159. The topological polar surface area (TPSA) is 104 Å². The van der Waals surface area contributed by atoms with E-state index in [9.17, 15) is 27.2 Å². The van der Waals surface area contributed by atoms with Crippen LogP contribution >= 0.6 is 11.6 Å². The molecule has 0 fully saturated rings. The Morgan fingerprint density at radius 1 is 1.06 bits per heavy atom. The van der Waals surface area contributed by atoms with Crippen molar-refractivity contribution in [1.82, 2.24) is 0 Å². The summed E-state index contributed by atoms with van der Waals surface area (Å²) in [6, 6.07) is 6.61. The Morgan fingerprint density at radius 3 is 2.21 bits per heavy atom. The third-order valence-corrected chi connectivity index (χ3v) is 7.21. The number of hydrogen-bond donors (Lipinski definition) is 0. The van der Waals surface area contributed by atoms with Gasteiger partial charge in [-0.05, 0) is 47.7 Å². The third-order valence-electron chi connectivity index (χ3n) is 5.75. The summed E-state index contributed by atoms with van der Waals surface area (Å²) >= 11 is 6.33. The first-order chi connectivity index (χ1) is 15.5. The van der Waals surface area contributed by atoms with E-state index in [0.717, 1.165) is 26.5 Å². The molecule has 0 saturated carbocycles. The molecular formula is C23H22ClFO7S. The van der Waals surface area contributed by atoms with Crippen molar-refractivity contribution >= 4 is 39.2 Å². The number of hydrogen-bond acceptors (Lipinski definition) is 7. The van der Waals surface area contributed by atoms with Crippen molar-refractivity contribution in [2.45, 2.75) is 30.1 Å². The second kappa shape index (κ2) is 9.61. The molecule has 1 aliphatic rings. The number of rotatable bonds is 7. The Morgan fingerprint density at radius 2 is 1.67 bits per heavy atom. The summed E-state index contributed by atoms with van der Waals surface area (Å²) in [5, 5.41) is 0.0544. The van der Waals surface area contributed by atoms with Gasteiger partial charge in [0.25, 0.3) is 0 Å². The van der Waals surface area contributed by atoms with Crippen LogP contribution < -0.4 is 0 Å². The zero-order valence-corrected chi connectivity index (χ0v) is 19.8. The van der Waals surface area contributed by atoms with Crippen LogP contribution in [0.4, 0.5) is 4.39 Å². The van der Waals surface area contributed by atoms with Crippen molar-refractivity contribution in [3.05, 3.63) is 63.4 Å². The highest BCUT2D eigenvalue weighted by Crippen LogP contribution is 2.42. The predicted molar refractivity (Wildman–Crippen MR) is 118 cm³/mol. The molecule has 0 radical (unpaired) electrons. The van der Waals surface area contributed by atoms with Gasteiger partial charge in [-0.3, -0.25) is 14.4 Å². The number of sulfone groups is 1. The van der Waals surface area contributed by atoms with E-state index in [-0.39, 0.29) is 40.5 Å². The van der Waals surface area contributed by atoms with Crippen LogP contribution in [-0.4, -0.2) is 46.6 Å². The van der Waals surface area contributed by atoms with Crippen molar-refractivity contribution in [2.75, 3.05) is 20.5 Å². The standard InChI is InChI=1S/C23H22ClFO7S/c1-31-22(27)17(23(28)32-2)11-16(14-5-4-12(25)10-18(14)24)13-7-9-20(33(3,29)30)21-15(13)6-8-19(21)26/h4-5,7,9-10,16-17H,6,8,11H2,1-3H3/t16-/m1/s1. The number of Topliss-reactive ketones (excluding diaryl/α,β-unsaturated/α-hetero) is 1. The molecule has 0 N–H and O–H groups in total. The molecule has 1 atom stereocenters. The number of ether oxygens (including phenoxy) is 2. The number of fused-ring (bicyclic) bond motifs is 1. The van der Waals surface area contributed by atoms with Crippen LogP contribution in [0.2, 0.25) is 5.02 Å². The summed E-state index contributed by atoms with van der Waals surface area (Å²) in [5.41, 5.74) is 1.53. The average Bonchev–Trinajstić information content (AvgIpc) is 3.15. The Kier molecular flexibility index (Phi) is 7.23. The minimum Gasteiger partial charge on any atom is -0.468 e. The van der Waals surface area contributed by atoms with Crippen LogP contribution in [0.1, 0.15) is 45.8 Å². The highest BCUT2D eigenvalue weighted by Gasteiger charge is 2.37. The Labute approximate surface area is 195 Å². The number of carbonyl (C=O) groups excluding carboxylic acids is 3. The fraction of sp³-hybridized carbons (Fsp3) is 0.348. The van der Waals surface area contributed by atoms with Crippen molar-refractivity contribution in [3.63, 3.8) is 0 Å². The number of carbonyl (C=O) groups is 3. The van der Waals surface area contributed by atoms with Crippen LogP contribution in [0.3, 0.4) is 0 Å². The van der Waals surface area contributed by atoms with E-state index >= 15 is 0 Å². The first kappa shape index (κ1) is 24.9. The molecule has 10 heteroatoms. The van der Waals surface area contributed by atoms with E-state index < -0.39 is 39.4 Å². The fourth-order valence-electron chi connectivity index (χ4n) is 4.23. The summed E-state index contributed by atoms with van der Waals surface area (Å²) in [5.74, 6) is -4.62. The number of halogens is 2. The summed E-state index contributed by atoms with van der Waals surface area (Å²) in [6.07, 6.45) is 1.27. The molecule has 0 unspecified atom stereocenters. The first-order valence-corrected chi connectivity index (χ1v) is 12.3. The van der Waals surface area contributed by atoms with E-state index in [1.165, 1.54) is 18.2 Å². The van der Waals surface area contributed by atoms with Gasteiger partial charge in [0.05, 0.1) is 19.1 Å². The van der Waals surface area contributed by atoms with Gasteiger partial charge < -0.3 is 9.47 Å². The molecule has 0 aliphatic heterocycles. The maximum absolute atomic E-state index is 13.8. The second-order valence-corrected chi connectivity index (χ2v) is 10.1. The first-order valence-electron chi connectivity index (χ1n) is 9.99. The molecule has 0 amide bonds. The minimum absolute atomic E-state index is 0.0544. The van der Waals surface area contributed by atoms with Crippen molar-refractivity contribution in [3.8, 4) is 0 Å². The van der Waals surface area contributed by atoms with Gasteiger partial charge in [-0.2, -0.15) is 0 Å². The van der Waals surface area contributed by atoms with Gasteiger partial charge in [-0.15, -0.1) is 0 Å². The highest BCUT2D eigenvalue weighted by molar-refractivity contribution is 7.90. The summed E-state index contributed by atoms with van der Waals surface area (Å²) < 4.78 is 47.8. The molecule has 0 heterocycles. The fourth-order valence-corrected chi connectivity index (χ4v) is 5.45. The minimum atomic E-state index is -3.68. The molecule has 7 nitrogen and oxygen atoms in total. The third kappa shape index (κ3) is 4.94. The lowest BCUT2D eigenvalue weighted by Gasteiger charge is -2.25. The van der Waals surface area contributed by atoms with Gasteiger partial charge in [0.15, 0.2) is 21.5 Å². The lowest BCUT2D eigenvalue weighted by Crippen LogP contribution is -2.29. The summed E-state index contributed by atoms with van der Waals surface area (Å²) in [7, 11) is -1.42. The number of methoxy groups -OCH3 is 2. The molecular weight excluding hydrogens is 475 g/mol. The quantitative estimate of drug-likeness (QED) is 0.427. The van der Waals surface area contributed by atoms with Gasteiger partial charge in [-0.1, -0.05) is 23.7 Å². The Balaban J connectivity index is 2.26. The Bertz CT molecular complexity index is 1220. The summed E-state index contributed by atoms with van der Waals surface area (Å²) in [4.78, 5) is 37.3. The molecule has 0 spiro atoms. The van der Waals surface area contributed by atoms with Crippen molar-refractivity contribution in [1.29, 1.82) is 0 Å². The molecule has 3 rings (SSSR count). The van der Waals surface area contributed by atoms with Crippen LogP contribution in [-0.2, 0) is 35.3 Å². The molecule has 176 valence electrons. The maximum Gasteiger partial charge on any atom is 0.320 e. The molecule has 2 aromatic carbocycles. The zero-order chi connectivity index (χ0) is 24.5. The largest absolute Gasteiger partial charge is 0.468 e. The lowest BCUT2D eigenvalue weighted by atomic mass is 9.80. The van der Waals surface area contributed by atoms with E-state index in [1.54, 1.807) is 6.07 Å². The smallest absolute Gasteiger partial charge is 0.320 e. The van der Waals surface area contributed by atoms with Gasteiger partial charge in [-0.25, -0.2) is 12.8 Å². The normalized spacial score (nSPS) is 14.2. The van der Waals surface area contributed by atoms with E-state index in [2.05, 4.69) is 0 Å². The zero-order valence-electron chi connectivity index (χ0n) is 18.2. The van der Waals surface area contributed by atoms with Crippen LogP contribution in [0, 0.1) is 11.7 Å². The SMILES string of the molecule is COC(=O)C(C[C@@H](c1ccc(F)cc1Cl)c1ccc(S(C)(=O)=O)c2c1CCC2=O)C(=O)OC. The van der Waals surface area contributed by atoms with E-state index in [1.807, 2.05) is 0 Å². The van der Waals surface area contributed by atoms with Crippen LogP contribution in [0.15, 0.2) is 35.2 Å².